The Balaban J connectivity index is 3.58. The van der Waals surface area contributed by atoms with Gasteiger partial charge in [0.05, 0.1) is 0 Å². The molecule has 0 aliphatic rings. The van der Waals surface area contributed by atoms with Gasteiger partial charge in [0.2, 0.25) is 0 Å². The number of hydrogen-bond acceptors (Lipinski definition) is 2. The lowest BCUT2D eigenvalue weighted by Gasteiger charge is -2.15. The highest BCUT2D eigenvalue weighted by atomic mass is 16.3. The molecule has 0 saturated carbocycles. The maximum atomic E-state index is 11.4. The predicted octanol–water partition coefficient (Wildman–Crippen LogP) is 1.74. The van der Waals surface area contributed by atoms with Crippen LogP contribution in [-0.2, 0) is 0 Å². The fraction of sp³-hybridized carbons (Fsp3) is 0.917. The van der Waals surface area contributed by atoms with Gasteiger partial charge < -0.3 is 15.7 Å². The first-order valence-corrected chi connectivity index (χ1v) is 6.26. The van der Waals surface area contributed by atoms with Crippen LogP contribution < -0.4 is 10.6 Å². The van der Waals surface area contributed by atoms with E-state index in [9.17, 15) is 4.79 Å². The molecule has 96 valence electrons. The summed E-state index contributed by atoms with van der Waals surface area (Å²) < 4.78 is 0. The van der Waals surface area contributed by atoms with Gasteiger partial charge in [0.15, 0.2) is 0 Å². The minimum Gasteiger partial charge on any atom is -0.396 e. The molecule has 4 nitrogen and oxygen atoms in total. The zero-order chi connectivity index (χ0) is 12.4. The fourth-order valence-electron chi connectivity index (χ4n) is 1.47. The van der Waals surface area contributed by atoms with Gasteiger partial charge in [-0.15, -0.1) is 0 Å². The van der Waals surface area contributed by atoms with Gasteiger partial charge >= 0.3 is 6.03 Å². The molecule has 0 fully saturated rings. The maximum absolute atomic E-state index is 11.4. The van der Waals surface area contributed by atoms with E-state index >= 15 is 0 Å². The minimum absolute atomic E-state index is 0.100. The number of hydrogen-bond donors (Lipinski definition) is 3. The number of carbonyl (C=O) groups is 1. The standard InChI is InChI=1S/C12H26N2O2/c1-4-11(5-2)9-14-12(16)13-8-10(3)6-7-15/h10-11,15H,4-9H2,1-3H3,(H2,13,14,16). The normalized spacial score (nSPS) is 12.6. The van der Waals surface area contributed by atoms with E-state index in [1.165, 1.54) is 0 Å². The van der Waals surface area contributed by atoms with Crippen LogP contribution >= 0.6 is 0 Å². The van der Waals surface area contributed by atoms with Crippen molar-refractivity contribution < 1.29 is 9.90 Å². The molecule has 1 unspecified atom stereocenters. The Morgan fingerprint density at radius 2 is 1.75 bits per heavy atom. The largest absolute Gasteiger partial charge is 0.396 e. The molecule has 0 saturated heterocycles. The van der Waals surface area contributed by atoms with Gasteiger partial charge in [-0.3, -0.25) is 0 Å². The summed E-state index contributed by atoms with van der Waals surface area (Å²) in [5.41, 5.74) is 0. The number of rotatable bonds is 8. The molecule has 0 radical (unpaired) electrons. The number of aliphatic hydroxyl groups is 1. The third-order valence-electron chi connectivity index (χ3n) is 2.94. The van der Waals surface area contributed by atoms with Crippen molar-refractivity contribution in [3.05, 3.63) is 0 Å². The van der Waals surface area contributed by atoms with E-state index in [1.807, 2.05) is 6.92 Å². The molecule has 2 amide bonds. The van der Waals surface area contributed by atoms with Crippen molar-refractivity contribution in [2.45, 2.75) is 40.0 Å². The number of carbonyl (C=O) groups excluding carboxylic acids is 1. The van der Waals surface area contributed by atoms with Gasteiger partial charge in [0.1, 0.15) is 0 Å². The second-order valence-corrected chi connectivity index (χ2v) is 4.39. The van der Waals surface area contributed by atoms with Gasteiger partial charge in [-0.2, -0.15) is 0 Å². The van der Waals surface area contributed by atoms with Crippen molar-refractivity contribution in [1.82, 2.24) is 10.6 Å². The highest BCUT2D eigenvalue weighted by Gasteiger charge is 2.07. The first-order chi connectivity index (χ1) is 7.63. The lowest BCUT2D eigenvalue weighted by atomic mass is 10.0. The summed E-state index contributed by atoms with van der Waals surface area (Å²) in [6.45, 7) is 7.83. The summed E-state index contributed by atoms with van der Waals surface area (Å²) in [5.74, 6) is 0.893. The molecular formula is C12H26N2O2. The lowest BCUT2D eigenvalue weighted by molar-refractivity contribution is 0.232. The predicted molar refractivity (Wildman–Crippen MR) is 66.3 cm³/mol. The van der Waals surface area contributed by atoms with Crippen LogP contribution in [0, 0.1) is 11.8 Å². The molecule has 0 rings (SSSR count). The zero-order valence-corrected chi connectivity index (χ0v) is 10.8. The van der Waals surface area contributed by atoms with E-state index in [1.54, 1.807) is 0 Å². The molecule has 0 spiro atoms. The molecule has 4 heteroatoms. The Hall–Kier alpha value is -0.770. The van der Waals surface area contributed by atoms with Gasteiger partial charge in [0.25, 0.3) is 0 Å². The van der Waals surface area contributed by atoms with Crippen molar-refractivity contribution in [2.24, 2.45) is 11.8 Å². The summed E-state index contributed by atoms with van der Waals surface area (Å²) in [5, 5.41) is 14.4. The van der Waals surface area contributed by atoms with Gasteiger partial charge in [-0.1, -0.05) is 33.6 Å². The van der Waals surface area contributed by atoms with Crippen molar-refractivity contribution in [2.75, 3.05) is 19.7 Å². The summed E-state index contributed by atoms with van der Waals surface area (Å²) in [4.78, 5) is 11.4. The quantitative estimate of drug-likeness (QED) is 0.595. The van der Waals surface area contributed by atoms with E-state index in [2.05, 4.69) is 24.5 Å². The topological polar surface area (TPSA) is 61.4 Å². The Morgan fingerprint density at radius 1 is 1.19 bits per heavy atom. The van der Waals surface area contributed by atoms with Crippen LogP contribution in [0.2, 0.25) is 0 Å². The molecule has 0 aromatic carbocycles. The van der Waals surface area contributed by atoms with Gasteiger partial charge in [-0.05, 0) is 18.3 Å². The van der Waals surface area contributed by atoms with Crippen LogP contribution in [0.3, 0.4) is 0 Å². The summed E-state index contributed by atoms with van der Waals surface area (Å²) in [6.07, 6.45) is 2.92. The van der Waals surface area contributed by atoms with Crippen LogP contribution in [0.15, 0.2) is 0 Å². The summed E-state index contributed by atoms with van der Waals surface area (Å²) in [6, 6.07) is -0.100. The second-order valence-electron chi connectivity index (χ2n) is 4.39. The molecule has 0 bridgehead atoms. The van der Waals surface area contributed by atoms with E-state index in [-0.39, 0.29) is 12.6 Å². The molecule has 3 N–H and O–H groups in total. The molecule has 0 aromatic rings. The fourth-order valence-corrected chi connectivity index (χ4v) is 1.47. The molecule has 0 aromatic heterocycles. The van der Waals surface area contributed by atoms with Crippen LogP contribution in [0.4, 0.5) is 4.79 Å². The number of urea groups is 1. The van der Waals surface area contributed by atoms with Crippen molar-refractivity contribution in [1.29, 1.82) is 0 Å². The van der Waals surface area contributed by atoms with Crippen molar-refractivity contribution in [3.8, 4) is 0 Å². The Morgan fingerprint density at radius 3 is 2.25 bits per heavy atom. The van der Waals surface area contributed by atoms with E-state index in [0.717, 1.165) is 25.8 Å². The van der Waals surface area contributed by atoms with Crippen LogP contribution in [-0.4, -0.2) is 30.8 Å². The second kappa shape index (κ2) is 9.46. The Bertz CT molecular complexity index is 182. The number of aliphatic hydroxyl groups excluding tert-OH is 1. The number of nitrogens with one attached hydrogen (secondary N) is 2. The Kier molecular flexibility index (Phi) is 9.00. The molecule has 1 atom stereocenters. The average Bonchev–Trinajstić information content (AvgIpc) is 2.28. The van der Waals surface area contributed by atoms with E-state index in [0.29, 0.717) is 18.4 Å². The van der Waals surface area contributed by atoms with E-state index in [4.69, 9.17) is 5.11 Å². The molecule has 0 aliphatic carbocycles. The van der Waals surface area contributed by atoms with E-state index < -0.39 is 0 Å². The van der Waals surface area contributed by atoms with Gasteiger partial charge in [0, 0.05) is 19.7 Å². The highest BCUT2D eigenvalue weighted by Crippen LogP contribution is 2.04. The molecular weight excluding hydrogens is 204 g/mol. The summed E-state index contributed by atoms with van der Waals surface area (Å²) >= 11 is 0. The Labute approximate surface area is 98.8 Å². The van der Waals surface area contributed by atoms with Crippen LogP contribution in [0.5, 0.6) is 0 Å². The third-order valence-corrected chi connectivity index (χ3v) is 2.94. The molecule has 16 heavy (non-hydrogen) atoms. The average molecular weight is 230 g/mol. The third kappa shape index (κ3) is 7.51. The lowest BCUT2D eigenvalue weighted by Crippen LogP contribution is -2.40. The molecule has 0 aliphatic heterocycles. The first kappa shape index (κ1) is 15.2. The monoisotopic (exact) mass is 230 g/mol. The van der Waals surface area contributed by atoms with Crippen LogP contribution in [0.25, 0.3) is 0 Å². The van der Waals surface area contributed by atoms with Crippen molar-refractivity contribution >= 4 is 6.03 Å². The van der Waals surface area contributed by atoms with Crippen LogP contribution in [0.1, 0.15) is 40.0 Å². The molecule has 0 heterocycles. The smallest absolute Gasteiger partial charge is 0.314 e. The summed E-state index contributed by atoms with van der Waals surface area (Å²) in [7, 11) is 0. The van der Waals surface area contributed by atoms with Crippen molar-refractivity contribution in [3.63, 3.8) is 0 Å². The minimum atomic E-state index is -0.100. The number of amides is 2. The SMILES string of the molecule is CCC(CC)CNC(=O)NCC(C)CCO. The highest BCUT2D eigenvalue weighted by molar-refractivity contribution is 5.73. The van der Waals surface area contributed by atoms with Gasteiger partial charge in [-0.25, -0.2) is 4.79 Å². The zero-order valence-electron chi connectivity index (χ0n) is 10.8. The maximum Gasteiger partial charge on any atom is 0.314 e. The first-order valence-electron chi connectivity index (χ1n) is 6.26.